The maximum atomic E-state index is 13.4. The Morgan fingerprint density at radius 2 is 1.61 bits per heavy atom. The Bertz CT molecular complexity index is 736. The molecule has 0 aromatic heterocycles. The van der Waals surface area contributed by atoms with Gasteiger partial charge in [-0.05, 0) is 66.6 Å². The highest BCUT2D eigenvalue weighted by molar-refractivity contribution is 5.78. The number of hydrogen-bond acceptors (Lipinski definition) is 2. The lowest BCUT2D eigenvalue weighted by molar-refractivity contribution is -0.137. The number of alkyl halides is 3. The summed E-state index contributed by atoms with van der Waals surface area (Å²) in [6, 6.07) is 6.43. The van der Waals surface area contributed by atoms with E-state index in [4.69, 9.17) is 0 Å². The zero-order valence-electron chi connectivity index (χ0n) is 12.5. The van der Waals surface area contributed by atoms with Gasteiger partial charge in [0.2, 0.25) is 0 Å². The van der Waals surface area contributed by atoms with Crippen molar-refractivity contribution in [2.75, 3.05) is 0 Å². The summed E-state index contributed by atoms with van der Waals surface area (Å²) in [6.07, 6.45) is -0.231. The molecule has 2 N–H and O–H groups in total. The Labute approximate surface area is 132 Å². The van der Waals surface area contributed by atoms with E-state index < -0.39 is 17.5 Å². The van der Waals surface area contributed by atoms with Gasteiger partial charge in [-0.2, -0.15) is 13.2 Å². The van der Waals surface area contributed by atoms with E-state index in [0.717, 1.165) is 36.8 Å². The Hall–Kier alpha value is -2.17. The number of aromatic hydroxyl groups is 2. The minimum absolute atomic E-state index is 0.0773. The minimum atomic E-state index is -4.60. The molecule has 23 heavy (non-hydrogen) atoms. The van der Waals surface area contributed by atoms with Crippen LogP contribution >= 0.6 is 0 Å². The van der Waals surface area contributed by atoms with Crippen molar-refractivity contribution in [1.29, 1.82) is 0 Å². The number of phenolic OH excluding ortho intramolecular Hbond substituents is 2. The molecule has 0 amide bonds. The molecule has 0 saturated carbocycles. The van der Waals surface area contributed by atoms with Gasteiger partial charge in [-0.15, -0.1) is 0 Å². The normalized spacial score (nSPS) is 15.1. The summed E-state index contributed by atoms with van der Waals surface area (Å²) in [7, 11) is 0. The molecule has 0 radical (unpaired) electrons. The van der Waals surface area contributed by atoms with E-state index in [2.05, 4.69) is 0 Å². The van der Waals surface area contributed by atoms with Crippen molar-refractivity contribution >= 4 is 0 Å². The summed E-state index contributed by atoms with van der Waals surface area (Å²) in [4.78, 5) is 0. The fraction of sp³-hybridized carbons (Fsp3) is 0.333. The lowest BCUT2D eigenvalue weighted by Gasteiger charge is -2.19. The second-order valence-electron chi connectivity index (χ2n) is 5.89. The molecule has 2 aromatic rings. The van der Waals surface area contributed by atoms with Crippen molar-refractivity contribution in [3.63, 3.8) is 0 Å². The van der Waals surface area contributed by atoms with Crippen molar-refractivity contribution in [1.82, 2.24) is 0 Å². The minimum Gasteiger partial charge on any atom is -0.508 e. The first kappa shape index (κ1) is 15.7. The molecule has 5 heteroatoms. The van der Waals surface area contributed by atoms with Gasteiger partial charge in [0.1, 0.15) is 11.5 Å². The van der Waals surface area contributed by atoms with Gasteiger partial charge in [-0.1, -0.05) is 12.5 Å². The fourth-order valence-electron chi connectivity index (χ4n) is 3.28. The van der Waals surface area contributed by atoms with Crippen LogP contribution in [0.1, 0.15) is 36.0 Å². The third-order valence-corrected chi connectivity index (χ3v) is 4.34. The lowest BCUT2D eigenvalue weighted by atomic mass is 9.89. The Kier molecular flexibility index (Phi) is 3.96. The summed E-state index contributed by atoms with van der Waals surface area (Å²) in [5.74, 6) is -0.593. The van der Waals surface area contributed by atoms with Gasteiger partial charge in [0.25, 0.3) is 0 Å². The molecule has 0 unspecified atom stereocenters. The molecular weight excluding hydrogens is 305 g/mol. The summed E-state index contributed by atoms with van der Waals surface area (Å²) in [6.45, 7) is 0. The molecule has 0 fully saturated rings. The number of halogens is 3. The number of aryl methyl sites for hydroxylation is 1. The number of phenols is 2. The van der Waals surface area contributed by atoms with Crippen molar-refractivity contribution in [2.45, 2.75) is 38.3 Å². The molecule has 0 bridgehead atoms. The molecule has 0 spiro atoms. The van der Waals surface area contributed by atoms with E-state index in [9.17, 15) is 23.4 Å². The lowest BCUT2D eigenvalue weighted by Crippen LogP contribution is -2.08. The fourth-order valence-corrected chi connectivity index (χ4v) is 3.28. The van der Waals surface area contributed by atoms with Crippen LogP contribution in [0.2, 0.25) is 0 Å². The van der Waals surface area contributed by atoms with Gasteiger partial charge in [0.05, 0.1) is 5.56 Å². The van der Waals surface area contributed by atoms with Gasteiger partial charge >= 0.3 is 6.18 Å². The van der Waals surface area contributed by atoms with Crippen LogP contribution in [0, 0.1) is 0 Å². The molecule has 1 aliphatic carbocycles. The molecule has 1 aliphatic rings. The molecule has 2 nitrogen and oxygen atoms in total. The second kappa shape index (κ2) is 5.80. The standard InChI is InChI=1S/C18H17F3O2/c19-18(20,21)15-10-12(22)7-8-14(15)17-13-5-3-1-2-4-11(13)6-9-16(17)23/h6-10,22-23H,1-5H2. The first-order valence-electron chi connectivity index (χ1n) is 7.62. The van der Waals surface area contributed by atoms with Gasteiger partial charge in [0, 0.05) is 5.56 Å². The van der Waals surface area contributed by atoms with E-state index in [-0.39, 0.29) is 16.9 Å². The SMILES string of the molecule is Oc1ccc(-c2c(O)ccc3c2CCCCC3)c(C(F)(F)F)c1. The van der Waals surface area contributed by atoms with Crippen LogP contribution in [0.5, 0.6) is 11.5 Å². The topological polar surface area (TPSA) is 40.5 Å². The number of rotatable bonds is 1. The van der Waals surface area contributed by atoms with E-state index in [1.807, 2.05) is 0 Å². The summed E-state index contributed by atoms with van der Waals surface area (Å²) < 4.78 is 40.1. The van der Waals surface area contributed by atoms with E-state index in [1.54, 1.807) is 6.07 Å². The highest BCUT2D eigenvalue weighted by atomic mass is 19.4. The monoisotopic (exact) mass is 322 g/mol. The van der Waals surface area contributed by atoms with Crippen LogP contribution in [0.3, 0.4) is 0 Å². The third-order valence-electron chi connectivity index (χ3n) is 4.34. The van der Waals surface area contributed by atoms with E-state index in [0.29, 0.717) is 12.5 Å². The quantitative estimate of drug-likeness (QED) is 0.721. The van der Waals surface area contributed by atoms with Crippen LogP contribution in [-0.4, -0.2) is 10.2 Å². The van der Waals surface area contributed by atoms with Crippen molar-refractivity contribution in [2.24, 2.45) is 0 Å². The van der Waals surface area contributed by atoms with E-state index in [1.165, 1.54) is 18.2 Å². The highest BCUT2D eigenvalue weighted by Crippen LogP contribution is 2.44. The average Bonchev–Trinajstić information content (AvgIpc) is 2.72. The van der Waals surface area contributed by atoms with Crippen LogP contribution in [0.4, 0.5) is 13.2 Å². The van der Waals surface area contributed by atoms with Gasteiger partial charge in [-0.25, -0.2) is 0 Å². The summed E-state index contributed by atoms with van der Waals surface area (Å²) >= 11 is 0. The highest BCUT2D eigenvalue weighted by Gasteiger charge is 2.35. The predicted octanol–water partition coefficient (Wildman–Crippen LogP) is 5.05. The molecular formula is C18H17F3O2. The van der Waals surface area contributed by atoms with Crippen LogP contribution in [0.15, 0.2) is 30.3 Å². The molecule has 0 saturated heterocycles. The van der Waals surface area contributed by atoms with Crippen LogP contribution < -0.4 is 0 Å². The van der Waals surface area contributed by atoms with Crippen LogP contribution in [0.25, 0.3) is 11.1 Å². The third kappa shape index (κ3) is 3.00. The number of fused-ring (bicyclic) bond motifs is 1. The van der Waals surface area contributed by atoms with E-state index >= 15 is 0 Å². The summed E-state index contributed by atoms with van der Waals surface area (Å²) in [5, 5.41) is 19.7. The smallest absolute Gasteiger partial charge is 0.417 e. The first-order valence-corrected chi connectivity index (χ1v) is 7.62. The Morgan fingerprint density at radius 1 is 0.870 bits per heavy atom. The van der Waals surface area contributed by atoms with Gasteiger partial charge in [0.15, 0.2) is 0 Å². The largest absolute Gasteiger partial charge is 0.508 e. The van der Waals surface area contributed by atoms with Gasteiger partial charge < -0.3 is 10.2 Å². The van der Waals surface area contributed by atoms with Crippen molar-refractivity contribution in [3.05, 3.63) is 47.0 Å². The van der Waals surface area contributed by atoms with Crippen molar-refractivity contribution < 1.29 is 23.4 Å². The predicted molar refractivity (Wildman–Crippen MR) is 81.5 cm³/mol. The molecule has 0 heterocycles. The summed E-state index contributed by atoms with van der Waals surface area (Å²) in [5.41, 5.74) is 1.03. The number of benzene rings is 2. The van der Waals surface area contributed by atoms with Crippen LogP contribution in [-0.2, 0) is 19.0 Å². The van der Waals surface area contributed by atoms with Crippen molar-refractivity contribution in [3.8, 4) is 22.6 Å². The molecule has 0 atom stereocenters. The average molecular weight is 322 g/mol. The molecule has 2 aromatic carbocycles. The molecule has 3 rings (SSSR count). The zero-order valence-corrected chi connectivity index (χ0v) is 12.5. The first-order chi connectivity index (χ1) is 10.9. The maximum absolute atomic E-state index is 13.4. The molecule has 122 valence electrons. The second-order valence-corrected chi connectivity index (χ2v) is 5.89. The van der Waals surface area contributed by atoms with Gasteiger partial charge in [-0.3, -0.25) is 0 Å². The molecule has 0 aliphatic heterocycles. The Balaban J connectivity index is 2.28. The maximum Gasteiger partial charge on any atom is 0.417 e. The number of hydrogen-bond donors (Lipinski definition) is 2. The zero-order chi connectivity index (χ0) is 16.6. The Morgan fingerprint density at radius 3 is 2.35 bits per heavy atom.